The summed E-state index contributed by atoms with van der Waals surface area (Å²) >= 11 is 12.0. The van der Waals surface area contributed by atoms with Crippen LogP contribution in [-0.4, -0.2) is 13.6 Å². The highest BCUT2D eigenvalue weighted by atomic mass is 35.5. The molecule has 0 saturated carbocycles. The van der Waals surface area contributed by atoms with E-state index in [1.807, 2.05) is 25.2 Å². The fourth-order valence-electron chi connectivity index (χ4n) is 1.79. The second-order valence-corrected chi connectivity index (χ2v) is 6.10. The van der Waals surface area contributed by atoms with E-state index in [0.29, 0.717) is 10.4 Å². The molecule has 96 valence electrons. The number of hydrogen-bond donors (Lipinski definition) is 1. The summed E-state index contributed by atoms with van der Waals surface area (Å²) in [6.45, 7) is 5.66. The van der Waals surface area contributed by atoms with Crippen LogP contribution in [0.3, 0.4) is 0 Å². The summed E-state index contributed by atoms with van der Waals surface area (Å²) in [5, 5.41) is 4.68. The van der Waals surface area contributed by atoms with Crippen LogP contribution in [0.4, 0.5) is 0 Å². The van der Waals surface area contributed by atoms with E-state index in [2.05, 4.69) is 19.2 Å². The van der Waals surface area contributed by atoms with E-state index in [9.17, 15) is 0 Å². The maximum Gasteiger partial charge on any atom is 0.0452 e. The maximum absolute atomic E-state index is 6.17. The van der Waals surface area contributed by atoms with Crippen molar-refractivity contribution in [1.29, 1.82) is 0 Å². The van der Waals surface area contributed by atoms with Crippen LogP contribution in [-0.2, 0) is 6.42 Å². The van der Waals surface area contributed by atoms with E-state index in [1.54, 1.807) is 0 Å². The van der Waals surface area contributed by atoms with E-state index in [0.717, 1.165) is 24.4 Å². The van der Waals surface area contributed by atoms with E-state index in [1.165, 1.54) is 12.0 Å². The first-order valence-corrected chi connectivity index (χ1v) is 6.79. The lowest BCUT2D eigenvalue weighted by Gasteiger charge is -2.24. The lowest BCUT2D eigenvalue weighted by Crippen LogP contribution is -2.20. The lowest BCUT2D eigenvalue weighted by molar-refractivity contribution is 0.306. The summed E-state index contributed by atoms with van der Waals surface area (Å²) in [6.07, 6.45) is 3.32. The van der Waals surface area contributed by atoms with Gasteiger partial charge in [-0.1, -0.05) is 43.1 Å². The molecule has 17 heavy (non-hydrogen) atoms. The average molecular weight is 274 g/mol. The molecule has 1 aromatic rings. The molecule has 0 heterocycles. The monoisotopic (exact) mass is 273 g/mol. The first-order valence-electron chi connectivity index (χ1n) is 6.03. The molecule has 0 bridgehead atoms. The van der Waals surface area contributed by atoms with Crippen molar-refractivity contribution < 1.29 is 0 Å². The molecule has 0 aliphatic rings. The van der Waals surface area contributed by atoms with Crippen molar-refractivity contribution in [1.82, 2.24) is 5.32 Å². The highest BCUT2D eigenvalue weighted by Crippen LogP contribution is 2.29. The summed E-state index contributed by atoms with van der Waals surface area (Å²) in [5.41, 5.74) is 1.53. The second kappa shape index (κ2) is 6.63. The van der Waals surface area contributed by atoms with Crippen molar-refractivity contribution in [3.63, 3.8) is 0 Å². The third kappa shape index (κ3) is 5.29. The molecule has 0 aromatic heterocycles. The molecule has 0 atom stereocenters. The Morgan fingerprint density at radius 3 is 2.47 bits per heavy atom. The van der Waals surface area contributed by atoms with Gasteiger partial charge < -0.3 is 5.32 Å². The average Bonchev–Trinajstić information content (AvgIpc) is 2.25. The summed E-state index contributed by atoms with van der Waals surface area (Å²) in [4.78, 5) is 0. The van der Waals surface area contributed by atoms with Crippen LogP contribution in [0.1, 0.15) is 32.3 Å². The van der Waals surface area contributed by atoms with Gasteiger partial charge in [-0.3, -0.25) is 0 Å². The highest BCUT2D eigenvalue weighted by Gasteiger charge is 2.17. The standard InChI is InChI=1S/C14H21Cl2N/c1-14(2,8-9-17-3)7-6-11-4-5-12(15)10-13(11)16/h4-5,10,17H,6-9H2,1-3H3. The van der Waals surface area contributed by atoms with Gasteiger partial charge in [0.2, 0.25) is 0 Å². The molecular formula is C14H21Cl2N. The van der Waals surface area contributed by atoms with Gasteiger partial charge in [-0.2, -0.15) is 0 Å². The fourth-order valence-corrected chi connectivity index (χ4v) is 2.29. The van der Waals surface area contributed by atoms with E-state index < -0.39 is 0 Å². The number of halogens is 2. The topological polar surface area (TPSA) is 12.0 Å². The van der Waals surface area contributed by atoms with Gasteiger partial charge in [0.1, 0.15) is 0 Å². The molecule has 0 fully saturated rings. The van der Waals surface area contributed by atoms with Crippen LogP contribution in [0.2, 0.25) is 10.0 Å². The van der Waals surface area contributed by atoms with Crippen LogP contribution < -0.4 is 5.32 Å². The van der Waals surface area contributed by atoms with Crippen LogP contribution in [0.5, 0.6) is 0 Å². The zero-order chi connectivity index (χ0) is 12.9. The maximum atomic E-state index is 6.17. The predicted molar refractivity (Wildman–Crippen MR) is 77.1 cm³/mol. The molecule has 0 unspecified atom stereocenters. The lowest BCUT2D eigenvalue weighted by atomic mass is 9.83. The molecule has 1 N–H and O–H groups in total. The molecular weight excluding hydrogens is 253 g/mol. The molecule has 0 aliphatic carbocycles. The highest BCUT2D eigenvalue weighted by molar-refractivity contribution is 6.35. The van der Waals surface area contributed by atoms with Gasteiger partial charge in [-0.05, 0) is 56.0 Å². The third-order valence-electron chi connectivity index (χ3n) is 3.14. The molecule has 3 heteroatoms. The quantitative estimate of drug-likeness (QED) is 0.801. The zero-order valence-corrected chi connectivity index (χ0v) is 12.3. The number of hydrogen-bond acceptors (Lipinski definition) is 1. The Hall–Kier alpha value is -0.240. The normalized spacial score (nSPS) is 11.8. The van der Waals surface area contributed by atoms with E-state index >= 15 is 0 Å². The SMILES string of the molecule is CNCCC(C)(C)CCc1ccc(Cl)cc1Cl. The molecule has 0 aliphatic heterocycles. The van der Waals surface area contributed by atoms with Crippen molar-refractivity contribution in [3.05, 3.63) is 33.8 Å². The molecule has 1 aromatic carbocycles. The number of nitrogens with one attached hydrogen (secondary N) is 1. The van der Waals surface area contributed by atoms with Crippen molar-refractivity contribution in [2.45, 2.75) is 33.1 Å². The second-order valence-electron chi connectivity index (χ2n) is 5.25. The molecule has 1 nitrogen and oxygen atoms in total. The van der Waals surface area contributed by atoms with Crippen LogP contribution >= 0.6 is 23.2 Å². The Morgan fingerprint density at radius 2 is 1.88 bits per heavy atom. The Labute approximate surface area is 115 Å². The molecule has 0 amide bonds. The van der Waals surface area contributed by atoms with Gasteiger partial charge in [0.25, 0.3) is 0 Å². The molecule has 0 spiro atoms. The predicted octanol–water partition coefficient (Wildman–Crippen LogP) is 4.56. The molecule has 0 radical (unpaired) electrons. The summed E-state index contributed by atoms with van der Waals surface area (Å²) < 4.78 is 0. The van der Waals surface area contributed by atoms with Crippen molar-refractivity contribution in [2.75, 3.05) is 13.6 Å². The van der Waals surface area contributed by atoms with Gasteiger partial charge >= 0.3 is 0 Å². The molecule has 0 saturated heterocycles. The van der Waals surface area contributed by atoms with Crippen molar-refractivity contribution >= 4 is 23.2 Å². The Bertz CT molecular complexity index is 361. The number of benzene rings is 1. The summed E-state index contributed by atoms with van der Waals surface area (Å²) in [6, 6.07) is 5.75. The van der Waals surface area contributed by atoms with Crippen molar-refractivity contribution in [3.8, 4) is 0 Å². The summed E-state index contributed by atoms with van der Waals surface area (Å²) in [5.74, 6) is 0. The van der Waals surface area contributed by atoms with Crippen LogP contribution in [0, 0.1) is 5.41 Å². The van der Waals surface area contributed by atoms with E-state index in [-0.39, 0.29) is 0 Å². The first-order chi connectivity index (χ1) is 7.94. The van der Waals surface area contributed by atoms with Gasteiger partial charge in [-0.25, -0.2) is 0 Å². The zero-order valence-electron chi connectivity index (χ0n) is 10.8. The minimum Gasteiger partial charge on any atom is -0.320 e. The summed E-state index contributed by atoms with van der Waals surface area (Å²) in [7, 11) is 1.99. The van der Waals surface area contributed by atoms with Gasteiger partial charge in [0.05, 0.1) is 0 Å². The minimum absolute atomic E-state index is 0.339. The number of rotatable bonds is 6. The van der Waals surface area contributed by atoms with Crippen molar-refractivity contribution in [2.24, 2.45) is 5.41 Å². The van der Waals surface area contributed by atoms with Crippen LogP contribution in [0.15, 0.2) is 18.2 Å². The van der Waals surface area contributed by atoms with E-state index in [4.69, 9.17) is 23.2 Å². The van der Waals surface area contributed by atoms with Gasteiger partial charge in [0.15, 0.2) is 0 Å². The van der Waals surface area contributed by atoms with Crippen LogP contribution in [0.25, 0.3) is 0 Å². The molecule has 1 rings (SSSR count). The third-order valence-corrected chi connectivity index (χ3v) is 3.72. The smallest absolute Gasteiger partial charge is 0.0452 e. The van der Waals surface area contributed by atoms with Gasteiger partial charge in [-0.15, -0.1) is 0 Å². The Morgan fingerprint density at radius 1 is 1.18 bits per heavy atom. The Kier molecular flexibility index (Phi) is 5.78. The number of aryl methyl sites for hydroxylation is 1. The first kappa shape index (κ1) is 14.8. The Balaban J connectivity index is 2.54. The minimum atomic E-state index is 0.339. The largest absolute Gasteiger partial charge is 0.320 e. The fraction of sp³-hybridized carbons (Fsp3) is 0.571. The van der Waals surface area contributed by atoms with Gasteiger partial charge in [0, 0.05) is 10.0 Å².